The van der Waals surface area contributed by atoms with Gasteiger partial charge < -0.3 is 28.6 Å². The molecule has 0 saturated heterocycles. The van der Waals surface area contributed by atoms with E-state index in [0.717, 1.165) is 40.1 Å². The summed E-state index contributed by atoms with van der Waals surface area (Å²) in [5, 5.41) is 10.2. The molecule has 7 heteroatoms. The topological polar surface area (TPSA) is 79.2 Å². The summed E-state index contributed by atoms with van der Waals surface area (Å²) in [6, 6.07) is 9.05. The van der Waals surface area contributed by atoms with Gasteiger partial charge in [-0.05, 0) is 62.6 Å². The van der Waals surface area contributed by atoms with E-state index in [9.17, 15) is 9.90 Å². The second-order valence-corrected chi connectivity index (χ2v) is 7.79. The SMILES string of the molecule is CCOC(=O)c1c(-c2ccc(O)c(OCC)c2)c(C)n2c1-c1cc(OC)c(OC)cc1CC2. The van der Waals surface area contributed by atoms with Crippen molar-refractivity contribution in [1.82, 2.24) is 4.57 Å². The van der Waals surface area contributed by atoms with E-state index in [1.54, 1.807) is 39.3 Å². The van der Waals surface area contributed by atoms with Crippen LogP contribution in [0.5, 0.6) is 23.0 Å². The number of methoxy groups -OCH3 is 2. The van der Waals surface area contributed by atoms with Crippen molar-refractivity contribution in [2.75, 3.05) is 27.4 Å². The summed E-state index contributed by atoms with van der Waals surface area (Å²) in [6.07, 6.45) is 0.791. The normalized spacial score (nSPS) is 12.0. The molecule has 3 aromatic rings. The molecule has 174 valence electrons. The van der Waals surface area contributed by atoms with Gasteiger partial charge in [-0.15, -0.1) is 0 Å². The summed E-state index contributed by atoms with van der Waals surface area (Å²) in [5.41, 5.74) is 5.79. The molecule has 0 atom stereocenters. The van der Waals surface area contributed by atoms with Gasteiger partial charge in [0.05, 0.1) is 38.7 Å². The summed E-state index contributed by atoms with van der Waals surface area (Å²) in [4.78, 5) is 13.3. The molecule has 1 aliphatic heterocycles. The summed E-state index contributed by atoms with van der Waals surface area (Å²) in [6.45, 7) is 7.05. The highest BCUT2D eigenvalue weighted by Crippen LogP contribution is 2.46. The number of aromatic hydroxyl groups is 1. The Morgan fingerprint density at radius 3 is 2.42 bits per heavy atom. The Kier molecular flexibility index (Phi) is 6.22. The van der Waals surface area contributed by atoms with Gasteiger partial charge in [-0.3, -0.25) is 0 Å². The Balaban J connectivity index is 2.02. The van der Waals surface area contributed by atoms with Crippen LogP contribution in [0.3, 0.4) is 0 Å². The zero-order valence-corrected chi connectivity index (χ0v) is 19.7. The van der Waals surface area contributed by atoms with Crippen LogP contribution in [0.4, 0.5) is 0 Å². The molecule has 0 saturated carbocycles. The van der Waals surface area contributed by atoms with Crippen LogP contribution in [0.1, 0.15) is 35.5 Å². The fourth-order valence-corrected chi connectivity index (χ4v) is 4.57. The van der Waals surface area contributed by atoms with E-state index < -0.39 is 5.97 Å². The van der Waals surface area contributed by atoms with Gasteiger partial charge in [0, 0.05) is 23.4 Å². The van der Waals surface area contributed by atoms with Gasteiger partial charge in [-0.25, -0.2) is 4.79 Å². The standard InChI is InChI=1S/C26H29NO6/c1-6-32-20-13-17(8-9-19(20)28)23-15(3)27-11-10-16-12-21(30-4)22(31-5)14-18(16)25(27)24(23)26(29)33-7-2/h8-9,12-14,28H,6-7,10-11H2,1-5H3. The molecule has 1 aromatic heterocycles. The number of esters is 1. The van der Waals surface area contributed by atoms with Crippen molar-refractivity contribution in [2.24, 2.45) is 0 Å². The number of ether oxygens (including phenoxy) is 4. The second-order valence-electron chi connectivity index (χ2n) is 7.79. The average molecular weight is 452 g/mol. The van der Waals surface area contributed by atoms with Gasteiger partial charge in [0.15, 0.2) is 23.0 Å². The van der Waals surface area contributed by atoms with Gasteiger partial charge in [0.1, 0.15) is 0 Å². The smallest absolute Gasteiger partial charge is 0.340 e. The van der Waals surface area contributed by atoms with Crippen molar-refractivity contribution < 1.29 is 28.8 Å². The fraction of sp³-hybridized carbons (Fsp3) is 0.346. The zero-order chi connectivity index (χ0) is 23.7. The number of fused-ring (bicyclic) bond motifs is 3. The fourth-order valence-electron chi connectivity index (χ4n) is 4.57. The molecule has 1 aliphatic rings. The van der Waals surface area contributed by atoms with E-state index in [0.29, 0.717) is 36.0 Å². The molecule has 0 bridgehead atoms. The number of hydrogen-bond donors (Lipinski definition) is 1. The summed E-state index contributed by atoms with van der Waals surface area (Å²) in [5.74, 6) is 1.30. The molecule has 0 amide bonds. The number of nitrogens with zero attached hydrogens (tertiary/aromatic N) is 1. The number of carbonyl (C=O) groups excluding carboxylic acids is 1. The van der Waals surface area contributed by atoms with E-state index in [1.165, 1.54) is 0 Å². The van der Waals surface area contributed by atoms with Gasteiger partial charge >= 0.3 is 5.97 Å². The summed E-state index contributed by atoms with van der Waals surface area (Å²) >= 11 is 0. The molecule has 0 fully saturated rings. The monoisotopic (exact) mass is 451 g/mol. The van der Waals surface area contributed by atoms with Crippen LogP contribution in [0.2, 0.25) is 0 Å². The van der Waals surface area contributed by atoms with Crippen LogP contribution in [-0.4, -0.2) is 43.1 Å². The lowest BCUT2D eigenvalue weighted by Gasteiger charge is -2.23. The number of aromatic nitrogens is 1. The second kappa shape index (κ2) is 9.10. The first-order chi connectivity index (χ1) is 15.9. The maximum absolute atomic E-state index is 13.3. The van der Waals surface area contributed by atoms with E-state index in [-0.39, 0.29) is 12.4 Å². The van der Waals surface area contributed by atoms with Crippen molar-refractivity contribution >= 4 is 5.97 Å². The van der Waals surface area contributed by atoms with E-state index in [2.05, 4.69) is 4.57 Å². The number of phenolic OH excluding ortho intramolecular Hbond substituents is 1. The molecule has 0 aliphatic carbocycles. The van der Waals surface area contributed by atoms with Crippen LogP contribution in [0.15, 0.2) is 30.3 Å². The first kappa shape index (κ1) is 22.6. The number of phenols is 1. The third-order valence-electron chi connectivity index (χ3n) is 6.02. The third-order valence-corrected chi connectivity index (χ3v) is 6.02. The molecular weight excluding hydrogens is 422 g/mol. The molecule has 2 aromatic carbocycles. The zero-order valence-electron chi connectivity index (χ0n) is 19.7. The van der Waals surface area contributed by atoms with Crippen LogP contribution in [0.25, 0.3) is 22.4 Å². The summed E-state index contributed by atoms with van der Waals surface area (Å²) in [7, 11) is 3.21. The predicted molar refractivity (Wildman–Crippen MR) is 126 cm³/mol. The summed E-state index contributed by atoms with van der Waals surface area (Å²) < 4.78 is 24.3. The first-order valence-electron chi connectivity index (χ1n) is 11.1. The van der Waals surface area contributed by atoms with Crippen molar-refractivity contribution in [1.29, 1.82) is 0 Å². The molecule has 0 unspecified atom stereocenters. The van der Waals surface area contributed by atoms with Crippen LogP contribution in [0, 0.1) is 6.92 Å². The predicted octanol–water partition coefficient (Wildman–Crippen LogP) is 4.98. The highest BCUT2D eigenvalue weighted by molar-refractivity contribution is 6.05. The molecule has 33 heavy (non-hydrogen) atoms. The number of hydrogen-bond acceptors (Lipinski definition) is 6. The number of carbonyl (C=O) groups is 1. The number of aryl methyl sites for hydroxylation is 1. The maximum Gasteiger partial charge on any atom is 0.340 e. The van der Waals surface area contributed by atoms with Crippen LogP contribution < -0.4 is 14.2 Å². The number of rotatable bonds is 7. The Bertz CT molecular complexity index is 1210. The average Bonchev–Trinajstić information content (AvgIpc) is 3.12. The van der Waals surface area contributed by atoms with Gasteiger partial charge in [-0.1, -0.05) is 6.07 Å². The van der Waals surface area contributed by atoms with Crippen LogP contribution >= 0.6 is 0 Å². The van der Waals surface area contributed by atoms with Crippen molar-refractivity contribution in [3.63, 3.8) is 0 Å². The minimum atomic E-state index is -0.391. The Hall–Kier alpha value is -3.61. The Morgan fingerprint density at radius 1 is 1.03 bits per heavy atom. The van der Waals surface area contributed by atoms with Gasteiger partial charge in [0.25, 0.3) is 0 Å². The first-order valence-corrected chi connectivity index (χ1v) is 11.1. The highest BCUT2D eigenvalue weighted by atomic mass is 16.5. The van der Waals surface area contributed by atoms with E-state index in [1.807, 2.05) is 26.0 Å². The third kappa shape index (κ3) is 3.77. The quantitative estimate of drug-likeness (QED) is 0.510. The van der Waals surface area contributed by atoms with Crippen LogP contribution in [-0.2, 0) is 17.7 Å². The molecule has 7 nitrogen and oxygen atoms in total. The Morgan fingerprint density at radius 2 is 1.76 bits per heavy atom. The van der Waals surface area contributed by atoms with Crippen molar-refractivity contribution in [2.45, 2.75) is 33.7 Å². The molecule has 1 N–H and O–H groups in total. The van der Waals surface area contributed by atoms with Crippen molar-refractivity contribution in [3.05, 3.63) is 47.2 Å². The van der Waals surface area contributed by atoms with Gasteiger partial charge in [-0.2, -0.15) is 0 Å². The molecule has 4 rings (SSSR count). The Labute approximate surface area is 193 Å². The minimum absolute atomic E-state index is 0.0575. The molecule has 0 radical (unpaired) electrons. The lowest BCUT2D eigenvalue weighted by atomic mass is 9.93. The van der Waals surface area contributed by atoms with E-state index in [4.69, 9.17) is 18.9 Å². The van der Waals surface area contributed by atoms with E-state index >= 15 is 0 Å². The molecule has 2 heterocycles. The number of benzene rings is 2. The van der Waals surface area contributed by atoms with Crippen molar-refractivity contribution in [3.8, 4) is 45.4 Å². The highest BCUT2D eigenvalue weighted by Gasteiger charge is 2.32. The lowest BCUT2D eigenvalue weighted by Crippen LogP contribution is -2.15. The van der Waals surface area contributed by atoms with Gasteiger partial charge in [0.2, 0.25) is 0 Å². The lowest BCUT2D eigenvalue weighted by molar-refractivity contribution is 0.0528. The largest absolute Gasteiger partial charge is 0.504 e. The minimum Gasteiger partial charge on any atom is -0.504 e. The molecule has 0 spiro atoms. The molecular formula is C26H29NO6. The maximum atomic E-state index is 13.3.